The first kappa shape index (κ1) is 20.0. The largest absolute Gasteiger partial charge is 2.00 e. The fourth-order valence-electron chi connectivity index (χ4n) is 1.53. The summed E-state index contributed by atoms with van der Waals surface area (Å²) in [4.78, 5) is 24.7. The van der Waals surface area contributed by atoms with Gasteiger partial charge in [-0.2, -0.15) is 0 Å². The first-order valence-electron chi connectivity index (χ1n) is 6.18. The van der Waals surface area contributed by atoms with Crippen molar-refractivity contribution in [3.8, 4) is 0 Å². The molecule has 2 rings (SSSR count). The SMILES string of the molecule is NCCc1ccccn1.O=C([O-])c1ccccc1C(=O)[O-].[Pt+2]. The molecule has 0 radical (unpaired) electrons. The molecule has 0 amide bonds. The smallest absolute Gasteiger partial charge is 0.545 e. The summed E-state index contributed by atoms with van der Waals surface area (Å²) < 4.78 is 0. The van der Waals surface area contributed by atoms with Gasteiger partial charge in [-0.25, -0.2) is 0 Å². The van der Waals surface area contributed by atoms with E-state index in [0.717, 1.165) is 24.2 Å². The fourth-order valence-corrected chi connectivity index (χ4v) is 1.53. The molecule has 7 heteroatoms. The molecule has 0 saturated carbocycles. The van der Waals surface area contributed by atoms with Crippen LogP contribution in [-0.2, 0) is 27.5 Å². The topological polar surface area (TPSA) is 119 Å². The maximum atomic E-state index is 10.3. The molecule has 0 aliphatic rings. The molecule has 2 aromatic rings. The normalized spacial score (nSPS) is 8.95. The van der Waals surface area contributed by atoms with Gasteiger partial charge in [0.05, 0.1) is 11.9 Å². The van der Waals surface area contributed by atoms with Crippen LogP contribution in [0.2, 0.25) is 0 Å². The number of aromatic carboxylic acids is 2. The average molecular weight is 481 g/mol. The second kappa shape index (κ2) is 10.7. The van der Waals surface area contributed by atoms with Crippen LogP contribution in [0.15, 0.2) is 48.7 Å². The predicted octanol–water partition coefficient (Wildman–Crippen LogP) is -1.01. The zero-order valence-corrected chi connectivity index (χ0v) is 13.8. The molecule has 0 saturated heterocycles. The van der Waals surface area contributed by atoms with Crippen LogP contribution in [0.1, 0.15) is 26.4 Å². The molecule has 118 valence electrons. The minimum absolute atomic E-state index is 0. The van der Waals surface area contributed by atoms with Crippen LogP contribution in [0.4, 0.5) is 0 Å². The van der Waals surface area contributed by atoms with Gasteiger partial charge in [0.1, 0.15) is 0 Å². The Kier molecular flexibility index (Phi) is 9.66. The van der Waals surface area contributed by atoms with Crippen molar-refractivity contribution in [3.63, 3.8) is 0 Å². The average Bonchev–Trinajstić information content (AvgIpc) is 2.49. The number of aromatic nitrogens is 1. The van der Waals surface area contributed by atoms with Crippen molar-refractivity contribution >= 4 is 11.9 Å². The van der Waals surface area contributed by atoms with Crippen molar-refractivity contribution in [2.75, 3.05) is 6.54 Å². The van der Waals surface area contributed by atoms with Crippen molar-refractivity contribution in [3.05, 3.63) is 65.5 Å². The monoisotopic (exact) mass is 481 g/mol. The number of nitrogens with zero attached hydrogens (tertiary/aromatic N) is 1. The van der Waals surface area contributed by atoms with Crippen LogP contribution in [0.5, 0.6) is 0 Å². The summed E-state index contributed by atoms with van der Waals surface area (Å²) >= 11 is 0. The molecule has 22 heavy (non-hydrogen) atoms. The Morgan fingerprint density at radius 1 is 0.955 bits per heavy atom. The molecule has 0 fully saturated rings. The summed E-state index contributed by atoms with van der Waals surface area (Å²) in [5.41, 5.74) is 5.66. The van der Waals surface area contributed by atoms with Crippen LogP contribution in [0.3, 0.4) is 0 Å². The maximum absolute atomic E-state index is 10.3. The van der Waals surface area contributed by atoms with E-state index < -0.39 is 11.9 Å². The Bertz CT molecular complexity index is 573. The van der Waals surface area contributed by atoms with E-state index in [9.17, 15) is 19.8 Å². The van der Waals surface area contributed by atoms with Gasteiger partial charge in [0, 0.05) is 29.4 Å². The minimum atomic E-state index is -1.52. The molecular formula is C15H14N2O4Pt. The van der Waals surface area contributed by atoms with Crippen LogP contribution < -0.4 is 15.9 Å². The molecule has 0 aliphatic carbocycles. The van der Waals surface area contributed by atoms with Gasteiger partial charge in [-0.05, 0) is 18.7 Å². The molecule has 2 N–H and O–H groups in total. The van der Waals surface area contributed by atoms with Crippen LogP contribution in [0, 0.1) is 0 Å². The van der Waals surface area contributed by atoms with E-state index in [2.05, 4.69) is 4.98 Å². The number of nitrogens with two attached hydrogens (primary N) is 1. The zero-order chi connectivity index (χ0) is 15.7. The van der Waals surface area contributed by atoms with Gasteiger partial charge in [-0.15, -0.1) is 0 Å². The molecule has 1 heterocycles. The summed E-state index contributed by atoms with van der Waals surface area (Å²) in [5, 5.41) is 20.6. The van der Waals surface area contributed by atoms with E-state index in [0.29, 0.717) is 6.54 Å². The Morgan fingerprint density at radius 2 is 1.45 bits per heavy atom. The van der Waals surface area contributed by atoms with E-state index in [1.165, 1.54) is 12.1 Å². The van der Waals surface area contributed by atoms with Gasteiger partial charge in [-0.3, -0.25) is 4.98 Å². The summed E-state index contributed by atoms with van der Waals surface area (Å²) in [6.07, 6.45) is 2.66. The zero-order valence-electron chi connectivity index (χ0n) is 11.5. The number of carboxylic acids is 2. The second-order valence-electron chi connectivity index (χ2n) is 3.98. The Morgan fingerprint density at radius 3 is 1.82 bits per heavy atom. The maximum Gasteiger partial charge on any atom is 2.00 e. The Labute approximate surface area is 142 Å². The molecule has 0 spiro atoms. The van der Waals surface area contributed by atoms with E-state index in [1.54, 1.807) is 6.20 Å². The first-order chi connectivity index (χ1) is 10.1. The molecular weight excluding hydrogens is 467 g/mol. The number of benzene rings is 1. The summed E-state index contributed by atoms with van der Waals surface area (Å²) in [6, 6.07) is 11.0. The van der Waals surface area contributed by atoms with Crippen LogP contribution in [-0.4, -0.2) is 23.5 Å². The van der Waals surface area contributed by atoms with E-state index in [1.807, 2.05) is 18.2 Å². The fraction of sp³-hybridized carbons (Fsp3) is 0.133. The third-order valence-electron chi connectivity index (χ3n) is 2.49. The molecule has 0 unspecified atom stereocenters. The molecule has 0 bridgehead atoms. The number of rotatable bonds is 4. The van der Waals surface area contributed by atoms with Gasteiger partial charge in [0.15, 0.2) is 0 Å². The van der Waals surface area contributed by atoms with Crippen molar-refractivity contribution in [1.29, 1.82) is 0 Å². The summed E-state index contributed by atoms with van der Waals surface area (Å²) in [6.45, 7) is 0.678. The van der Waals surface area contributed by atoms with Gasteiger partial charge in [-0.1, -0.05) is 30.3 Å². The van der Waals surface area contributed by atoms with E-state index in [-0.39, 0.29) is 32.2 Å². The van der Waals surface area contributed by atoms with Gasteiger partial charge in [0.25, 0.3) is 0 Å². The second-order valence-corrected chi connectivity index (χ2v) is 3.98. The minimum Gasteiger partial charge on any atom is -0.545 e. The Hall–Kier alpha value is -2.04. The Balaban J connectivity index is 0.000000397. The van der Waals surface area contributed by atoms with Crippen molar-refractivity contribution < 1.29 is 40.9 Å². The third kappa shape index (κ3) is 6.61. The number of hydrogen-bond acceptors (Lipinski definition) is 6. The van der Waals surface area contributed by atoms with Gasteiger partial charge in [0.2, 0.25) is 0 Å². The third-order valence-corrected chi connectivity index (χ3v) is 2.49. The standard InChI is InChI=1S/C8H6O4.C7H10N2.Pt/c9-7(10)5-3-1-2-4-6(5)8(11)12;8-5-4-7-3-1-2-6-9-7;/h1-4H,(H,9,10)(H,11,12);1-3,6H,4-5,8H2;/q;;+2/p-2. The van der Waals surface area contributed by atoms with E-state index >= 15 is 0 Å². The van der Waals surface area contributed by atoms with Crippen molar-refractivity contribution in [1.82, 2.24) is 4.98 Å². The molecule has 1 aromatic heterocycles. The van der Waals surface area contributed by atoms with Gasteiger partial charge >= 0.3 is 21.1 Å². The van der Waals surface area contributed by atoms with Crippen LogP contribution in [0.25, 0.3) is 0 Å². The summed E-state index contributed by atoms with van der Waals surface area (Å²) in [7, 11) is 0. The van der Waals surface area contributed by atoms with E-state index in [4.69, 9.17) is 5.73 Å². The first-order valence-corrected chi connectivity index (χ1v) is 6.18. The number of carboxylic acid groups (broad SMARTS) is 2. The van der Waals surface area contributed by atoms with Crippen LogP contribution >= 0.6 is 0 Å². The number of carbonyl (C=O) groups is 2. The van der Waals surface area contributed by atoms with Gasteiger partial charge < -0.3 is 25.5 Å². The summed E-state index contributed by atoms with van der Waals surface area (Å²) in [5.74, 6) is -3.04. The number of pyridine rings is 1. The quantitative estimate of drug-likeness (QED) is 0.598. The molecule has 0 atom stereocenters. The number of hydrogen-bond donors (Lipinski definition) is 1. The molecule has 0 aliphatic heterocycles. The molecule has 1 aromatic carbocycles. The number of carbonyl (C=O) groups excluding carboxylic acids is 2. The van der Waals surface area contributed by atoms with Crippen molar-refractivity contribution in [2.45, 2.75) is 6.42 Å². The predicted molar refractivity (Wildman–Crippen MR) is 72.1 cm³/mol. The molecule has 6 nitrogen and oxygen atoms in total. The van der Waals surface area contributed by atoms with Crippen molar-refractivity contribution in [2.24, 2.45) is 5.73 Å².